The van der Waals surface area contributed by atoms with Crippen LogP contribution in [0.2, 0.25) is 5.02 Å². The summed E-state index contributed by atoms with van der Waals surface area (Å²) in [5.74, 6) is -0.807. The summed E-state index contributed by atoms with van der Waals surface area (Å²) in [5.41, 5.74) is 0.169. The van der Waals surface area contributed by atoms with E-state index in [0.29, 0.717) is 24.7 Å². The number of aliphatic carboxylic acids is 1. The zero-order chi connectivity index (χ0) is 12.9. The predicted octanol–water partition coefficient (Wildman–Crippen LogP) is 3.36. The van der Waals surface area contributed by atoms with Gasteiger partial charge in [0, 0.05) is 11.6 Å². The third kappa shape index (κ3) is 4.36. The molecular formula is C13H17ClO3. The normalized spacial score (nSPS) is 11.5. The van der Waals surface area contributed by atoms with E-state index < -0.39 is 11.4 Å². The first-order valence-corrected chi connectivity index (χ1v) is 5.86. The molecular weight excluding hydrogens is 240 g/mol. The van der Waals surface area contributed by atoms with Crippen LogP contribution < -0.4 is 0 Å². The number of benzene rings is 1. The van der Waals surface area contributed by atoms with Gasteiger partial charge < -0.3 is 9.84 Å². The first-order chi connectivity index (χ1) is 7.93. The van der Waals surface area contributed by atoms with Crippen LogP contribution in [0.25, 0.3) is 0 Å². The molecule has 0 radical (unpaired) electrons. The van der Waals surface area contributed by atoms with E-state index in [0.717, 1.165) is 5.56 Å². The molecule has 0 aromatic heterocycles. The predicted molar refractivity (Wildman–Crippen MR) is 67.1 cm³/mol. The van der Waals surface area contributed by atoms with Crippen LogP contribution in [-0.2, 0) is 16.1 Å². The largest absolute Gasteiger partial charge is 0.481 e. The molecule has 3 nitrogen and oxygen atoms in total. The molecule has 0 amide bonds. The lowest BCUT2D eigenvalue weighted by Crippen LogP contribution is -2.25. The second-order valence-corrected chi connectivity index (χ2v) is 4.99. The molecule has 0 atom stereocenters. The van der Waals surface area contributed by atoms with Crippen LogP contribution in [0.5, 0.6) is 0 Å². The molecule has 0 aliphatic heterocycles. The average molecular weight is 257 g/mol. The number of hydrogen-bond acceptors (Lipinski definition) is 2. The van der Waals surface area contributed by atoms with Crippen molar-refractivity contribution < 1.29 is 14.6 Å². The second-order valence-electron chi connectivity index (χ2n) is 4.58. The zero-order valence-electron chi connectivity index (χ0n) is 10.1. The van der Waals surface area contributed by atoms with Crippen molar-refractivity contribution in [1.29, 1.82) is 0 Å². The molecule has 1 rings (SSSR count). The van der Waals surface area contributed by atoms with Gasteiger partial charge in [0.1, 0.15) is 0 Å². The molecule has 0 saturated heterocycles. The van der Waals surface area contributed by atoms with Crippen molar-refractivity contribution in [1.82, 2.24) is 0 Å². The number of carboxylic acid groups (broad SMARTS) is 1. The van der Waals surface area contributed by atoms with Gasteiger partial charge in [0.25, 0.3) is 0 Å². The van der Waals surface area contributed by atoms with Crippen LogP contribution in [0.3, 0.4) is 0 Å². The second kappa shape index (κ2) is 6.03. The Balaban J connectivity index is 2.35. The van der Waals surface area contributed by atoms with Crippen molar-refractivity contribution >= 4 is 17.6 Å². The molecule has 1 aromatic carbocycles. The van der Waals surface area contributed by atoms with Gasteiger partial charge >= 0.3 is 5.97 Å². The summed E-state index contributed by atoms with van der Waals surface area (Å²) in [5, 5.41) is 9.60. The van der Waals surface area contributed by atoms with Gasteiger partial charge in [-0.15, -0.1) is 0 Å². The molecule has 0 saturated carbocycles. The van der Waals surface area contributed by atoms with Crippen LogP contribution in [0.1, 0.15) is 25.8 Å². The van der Waals surface area contributed by atoms with Crippen molar-refractivity contribution in [2.75, 3.05) is 6.61 Å². The highest BCUT2D eigenvalue weighted by Gasteiger charge is 2.26. The molecule has 1 aromatic rings. The molecule has 17 heavy (non-hydrogen) atoms. The Kier molecular flexibility index (Phi) is 4.97. The van der Waals surface area contributed by atoms with Crippen molar-refractivity contribution in [2.24, 2.45) is 5.41 Å². The quantitative estimate of drug-likeness (QED) is 0.794. The van der Waals surface area contributed by atoms with E-state index in [-0.39, 0.29) is 0 Å². The number of carboxylic acids is 1. The van der Waals surface area contributed by atoms with Crippen molar-refractivity contribution in [2.45, 2.75) is 26.9 Å². The first-order valence-electron chi connectivity index (χ1n) is 5.48. The molecule has 0 aliphatic carbocycles. The molecule has 0 bridgehead atoms. The van der Waals surface area contributed by atoms with Gasteiger partial charge in [0.15, 0.2) is 0 Å². The molecule has 0 spiro atoms. The lowest BCUT2D eigenvalue weighted by molar-refractivity contribution is -0.148. The van der Waals surface area contributed by atoms with E-state index >= 15 is 0 Å². The average Bonchev–Trinajstić information content (AvgIpc) is 2.26. The van der Waals surface area contributed by atoms with Crippen molar-refractivity contribution in [3.05, 3.63) is 34.9 Å². The lowest BCUT2D eigenvalue weighted by atomic mass is 9.90. The Bertz CT molecular complexity index is 388. The van der Waals surface area contributed by atoms with Crippen LogP contribution in [0.15, 0.2) is 24.3 Å². The molecule has 4 heteroatoms. The fourth-order valence-electron chi connectivity index (χ4n) is 1.23. The van der Waals surface area contributed by atoms with Gasteiger partial charge in [-0.3, -0.25) is 4.79 Å². The summed E-state index contributed by atoms with van der Waals surface area (Å²) < 4.78 is 5.44. The molecule has 0 unspecified atom stereocenters. The highest BCUT2D eigenvalue weighted by atomic mass is 35.5. The summed E-state index contributed by atoms with van der Waals surface area (Å²) in [7, 11) is 0. The van der Waals surface area contributed by atoms with Crippen molar-refractivity contribution in [3.63, 3.8) is 0 Å². The maximum Gasteiger partial charge on any atom is 0.309 e. The number of halogens is 1. The van der Waals surface area contributed by atoms with Crippen LogP contribution >= 0.6 is 11.6 Å². The molecule has 0 fully saturated rings. The number of carbonyl (C=O) groups is 1. The Morgan fingerprint density at radius 1 is 1.41 bits per heavy atom. The fourth-order valence-corrected chi connectivity index (χ4v) is 1.42. The smallest absolute Gasteiger partial charge is 0.309 e. The van der Waals surface area contributed by atoms with Gasteiger partial charge in [0.05, 0.1) is 12.0 Å². The minimum atomic E-state index is -0.807. The van der Waals surface area contributed by atoms with Crippen molar-refractivity contribution in [3.8, 4) is 0 Å². The Morgan fingerprint density at radius 2 is 2.06 bits per heavy atom. The topological polar surface area (TPSA) is 46.5 Å². The number of hydrogen-bond donors (Lipinski definition) is 1. The summed E-state index contributed by atoms with van der Waals surface area (Å²) in [6, 6.07) is 7.46. The van der Waals surface area contributed by atoms with Crippen LogP contribution in [0, 0.1) is 5.41 Å². The highest BCUT2D eigenvalue weighted by molar-refractivity contribution is 6.31. The highest BCUT2D eigenvalue weighted by Crippen LogP contribution is 2.21. The van der Waals surface area contributed by atoms with Gasteiger partial charge in [-0.25, -0.2) is 0 Å². The van der Waals surface area contributed by atoms with E-state index in [9.17, 15) is 4.79 Å². The van der Waals surface area contributed by atoms with E-state index in [1.54, 1.807) is 19.9 Å². The van der Waals surface area contributed by atoms with E-state index in [2.05, 4.69) is 0 Å². The van der Waals surface area contributed by atoms with Gasteiger partial charge in [-0.1, -0.05) is 29.8 Å². The summed E-state index contributed by atoms with van der Waals surface area (Å²) >= 11 is 5.97. The van der Waals surface area contributed by atoms with E-state index in [1.807, 2.05) is 18.2 Å². The summed E-state index contributed by atoms with van der Waals surface area (Å²) in [6.07, 6.45) is 0.479. The summed E-state index contributed by atoms with van der Waals surface area (Å²) in [6.45, 7) is 4.20. The van der Waals surface area contributed by atoms with Gasteiger partial charge in [0.2, 0.25) is 0 Å². The van der Waals surface area contributed by atoms with Gasteiger partial charge in [-0.05, 0) is 31.9 Å². The Hall–Kier alpha value is -1.06. The maximum absolute atomic E-state index is 10.9. The Morgan fingerprint density at radius 3 is 2.65 bits per heavy atom. The van der Waals surface area contributed by atoms with E-state index in [1.165, 1.54) is 0 Å². The molecule has 94 valence electrons. The fraction of sp³-hybridized carbons (Fsp3) is 0.462. The number of rotatable bonds is 6. The third-order valence-corrected chi connectivity index (χ3v) is 3.03. The third-order valence-electron chi connectivity index (χ3n) is 2.67. The maximum atomic E-state index is 10.9. The number of ether oxygens (including phenoxy) is 1. The summed E-state index contributed by atoms with van der Waals surface area (Å²) in [4.78, 5) is 10.9. The first kappa shape index (κ1) is 14.0. The minimum Gasteiger partial charge on any atom is -0.481 e. The van der Waals surface area contributed by atoms with Crippen LogP contribution in [0.4, 0.5) is 0 Å². The molecule has 0 heterocycles. The molecule has 0 aliphatic rings. The van der Waals surface area contributed by atoms with Crippen LogP contribution in [-0.4, -0.2) is 17.7 Å². The zero-order valence-corrected chi connectivity index (χ0v) is 10.8. The minimum absolute atomic E-state index is 0.407. The van der Waals surface area contributed by atoms with E-state index in [4.69, 9.17) is 21.4 Å². The van der Waals surface area contributed by atoms with Gasteiger partial charge in [-0.2, -0.15) is 0 Å². The SMILES string of the molecule is CC(C)(CCOCc1ccccc1Cl)C(=O)O. The Labute approximate surface area is 106 Å². The standard InChI is InChI=1S/C13H17ClO3/c1-13(2,12(15)16)7-8-17-9-10-5-3-4-6-11(10)14/h3-6H,7-9H2,1-2H3,(H,15,16). The molecule has 1 N–H and O–H groups in total. The monoisotopic (exact) mass is 256 g/mol. The lowest BCUT2D eigenvalue weighted by Gasteiger charge is -2.18.